The lowest BCUT2D eigenvalue weighted by Gasteiger charge is -2.56. The molecule has 6 nitrogen and oxygen atoms in total. The highest BCUT2D eigenvalue weighted by molar-refractivity contribution is 5.70. The summed E-state index contributed by atoms with van der Waals surface area (Å²) >= 11 is 0. The van der Waals surface area contributed by atoms with Crippen LogP contribution in [0.5, 0.6) is 0 Å². The first-order valence-electron chi connectivity index (χ1n) is 14.5. The van der Waals surface area contributed by atoms with Gasteiger partial charge in [0.2, 0.25) is 0 Å². The van der Waals surface area contributed by atoms with Crippen LogP contribution in [0.2, 0.25) is 0 Å². The van der Waals surface area contributed by atoms with E-state index in [1.807, 2.05) is 6.92 Å². The van der Waals surface area contributed by atoms with E-state index in [0.717, 1.165) is 38.5 Å². The van der Waals surface area contributed by atoms with Crippen molar-refractivity contribution < 1.29 is 37.4 Å². The molecule has 1 heterocycles. The summed E-state index contributed by atoms with van der Waals surface area (Å²) in [6, 6.07) is 0. The molecule has 0 radical (unpaired) electrons. The Labute approximate surface area is 225 Å². The fourth-order valence-electron chi connectivity index (χ4n) is 9.16. The summed E-state index contributed by atoms with van der Waals surface area (Å²) in [4.78, 5) is 36.6. The Hall–Kier alpha value is -1.73. The van der Waals surface area contributed by atoms with E-state index in [-0.39, 0.29) is 58.6 Å². The standard InChI is InChI=1S/C30H46F2O6/c1-16(2)30(31,32)27(37-19(5)34)17(3)22-8-9-23-21-15-26(35)38-25-14-20(36-18(4)33)10-12-29(25,7)24(21)11-13-28(22,23)6/h16-17,20-25,27H,8-15H2,1-7H3/t17-,20+,21?,22+,23-,24-,25-,27+,28+,29+/m0/s1. The van der Waals surface area contributed by atoms with Crippen molar-refractivity contribution in [1.29, 1.82) is 0 Å². The van der Waals surface area contributed by atoms with Crippen LogP contribution in [0.25, 0.3) is 0 Å². The Morgan fingerprint density at radius 3 is 2.21 bits per heavy atom. The average Bonchev–Trinajstić information content (AvgIpc) is 3.11. The summed E-state index contributed by atoms with van der Waals surface area (Å²) in [5, 5.41) is 0. The van der Waals surface area contributed by atoms with Gasteiger partial charge in [0, 0.05) is 43.9 Å². The summed E-state index contributed by atoms with van der Waals surface area (Å²) in [5.41, 5.74) is -0.430. The summed E-state index contributed by atoms with van der Waals surface area (Å²) in [6.45, 7) is 11.8. The van der Waals surface area contributed by atoms with Gasteiger partial charge in [-0.05, 0) is 67.6 Å². The molecule has 4 fully saturated rings. The van der Waals surface area contributed by atoms with Gasteiger partial charge in [0.15, 0.2) is 6.10 Å². The van der Waals surface area contributed by atoms with Crippen molar-refractivity contribution in [1.82, 2.24) is 0 Å². The second-order valence-corrected chi connectivity index (χ2v) is 13.5. The molecule has 1 unspecified atom stereocenters. The predicted octanol–water partition coefficient (Wildman–Crippen LogP) is 6.34. The van der Waals surface area contributed by atoms with Gasteiger partial charge in [-0.1, -0.05) is 34.6 Å². The molecule has 0 bridgehead atoms. The molecule has 10 atom stereocenters. The molecule has 38 heavy (non-hydrogen) atoms. The number of ether oxygens (including phenoxy) is 3. The zero-order chi connectivity index (χ0) is 28.2. The Kier molecular flexibility index (Phi) is 7.97. The van der Waals surface area contributed by atoms with Crippen LogP contribution >= 0.6 is 0 Å². The number of halogens is 2. The first kappa shape index (κ1) is 29.3. The number of rotatable bonds is 6. The van der Waals surface area contributed by atoms with E-state index in [1.54, 1.807) is 0 Å². The molecule has 8 heteroatoms. The van der Waals surface area contributed by atoms with Crippen LogP contribution in [0.15, 0.2) is 0 Å². The smallest absolute Gasteiger partial charge is 0.306 e. The molecule has 0 amide bonds. The van der Waals surface area contributed by atoms with Gasteiger partial charge in [-0.15, -0.1) is 0 Å². The zero-order valence-corrected chi connectivity index (χ0v) is 24.1. The van der Waals surface area contributed by atoms with Gasteiger partial charge in [0.1, 0.15) is 12.2 Å². The van der Waals surface area contributed by atoms with Gasteiger partial charge in [-0.25, -0.2) is 8.78 Å². The lowest BCUT2D eigenvalue weighted by molar-refractivity contribution is -0.201. The first-order valence-corrected chi connectivity index (χ1v) is 14.5. The molecule has 3 saturated carbocycles. The zero-order valence-electron chi connectivity index (χ0n) is 24.1. The SMILES string of the molecule is CC(=O)O[C@@H]1CC[C@@]2(C)[C@H](C1)OC(=O)CC1[C@@H]2CC[C@]2(C)[C@@H]([C@H](C)[C@@H](OC(C)=O)C(F)(F)C(C)C)CC[C@@H]12. The van der Waals surface area contributed by atoms with Crippen molar-refractivity contribution in [3.05, 3.63) is 0 Å². The maximum atomic E-state index is 15.4. The molecule has 4 aliphatic rings. The van der Waals surface area contributed by atoms with Gasteiger partial charge in [0.25, 0.3) is 5.92 Å². The number of carbonyl (C=O) groups is 3. The fourth-order valence-corrected chi connectivity index (χ4v) is 9.16. The van der Waals surface area contributed by atoms with Crippen LogP contribution in [-0.2, 0) is 28.6 Å². The minimum Gasteiger partial charge on any atom is -0.462 e. The van der Waals surface area contributed by atoms with E-state index >= 15 is 8.78 Å². The maximum absolute atomic E-state index is 15.4. The molecule has 1 aliphatic heterocycles. The summed E-state index contributed by atoms with van der Waals surface area (Å²) in [6.07, 6.45) is 3.88. The second kappa shape index (κ2) is 10.3. The van der Waals surface area contributed by atoms with Gasteiger partial charge < -0.3 is 14.2 Å². The van der Waals surface area contributed by atoms with Crippen molar-refractivity contribution >= 4 is 17.9 Å². The van der Waals surface area contributed by atoms with Crippen LogP contribution in [0.3, 0.4) is 0 Å². The maximum Gasteiger partial charge on any atom is 0.306 e. The predicted molar refractivity (Wildman–Crippen MR) is 137 cm³/mol. The highest BCUT2D eigenvalue weighted by atomic mass is 19.3. The monoisotopic (exact) mass is 540 g/mol. The van der Waals surface area contributed by atoms with E-state index < -0.39 is 29.8 Å². The van der Waals surface area contributed by atoms with Crippen LogP contribution in [0.1, 0.15) is 99.8 Å². The molecule has 4 rings (SSSR count). The van der Waals surface area contributed by atoms with Crippen LogP contribution in [0, 0.1) is 46.3 Å². The molecule has 216 valence electrons. The fraction of sp³-hybridized carbons (Fsp3) is 0.900. The van der Waals surface area contributed by atoms with Gasteiger partial charge >= 0.3 is 17.9 Å². The quantitative estimate of drug-likeness (QED) is 0.289. The summed E-state index contributed by atoms with van der Waals surface area (Å²) in [5.74, 6) is -5.22. The summed E-state index contributed by atoms with van der Waals surface area (Å²) < 4.78 is 47.6. The minimum atomic E-state index is -3.13. The lowest BCUT2D eigenvalue weighted by atomic mass is 9.49. The van der Waals surface area contributed by atoms with Gasteiger partial charge in [-0.2, -0.15) is 0 Å². The third-order valence-electron chi connectivity index (χ3n) is 11.1. The van der Waals surface area contributed by atoms with Gasteiger partial charge in [-0.3, -0.25) is 14.4 Å². The van der Waals surface area contributed by atoms with E-state index in [9.17, 15) is 14.4 Å². The molecular formula is C30H46F2O6. The Bertz CT molecular complexity index is 936. The minimum absolute atomic E-state index is 0.0370. The van der Waals surface area contributed by atoms with E-state index in [2.05, 4.69) is 13.8 Å². The van der Waals surface area contributed by atoms with Crippen LogP contribution in [0.4, 0.5) is 8.78 Å². The Morgan fingerprint density at radius 2 is 1.61 bits per heavy atom. The molecule has 0 aromatic carbocycles. The molecule has 0 spiro atoms. The number of esters is 3. The molecule has 3 aliphatic carbocycles. The van der Waals surface area contributed by atoms with Crippen molar-refractivity contribution in [2.45, 2.75) is 124 Å². The van der Waals surface area contributed by atoms with Crippen LogP contribution < -0.4 is 0 Å². The van der Waals surface area contributed by atoms with E-state index in [1.165, 1.54) is 27.7 Å². The van der Waals surface area contributed by atoms with Crippen molar-refractivity contribution in [2.24, 2.45) is 46.3 Å². The Balaban J connectivity index is 1.60. The number of carbonyl (C=O) groups excluding carboxylic acids is 3. The van der Waals surface area contributed by atoms with Crippen molar-refractivity contribution in [2.75, 3.05) is 0 Å². The number of hydrogen-bond donors (Lipinski definition) is 0. The van der Waals surface area contributed by atoms with Crippen molar-refractivity contribution in [3.8, 4) is 0 Å². The topological polar surface area (TPSA) is 78.9 Å². The van der Waals surface area contributed by atoms with Gasteiger partial charge in [0.05, 0.1) is 0 Å². The van der Waals surface area contributed by atoms with E-state index in [0.29, 0.717) is 12.8 Å². The van der Waals surface area contributed by atoms with E-state index in [4.69, 9.17) is 14.2 Å². The second-order valence-electron chi connectivity index (χ2n) is 13.5. The largest absolute Gasteiger partial charge is 0.462 e. The number of fused-ring (bicyclic) bond motifs is 5. The first-order chi connectivity index (χ1) is 17.6. The molecule has 0 N–H and O–H groups in total. The normalized spacial score (nSPS) is 40.6. The average molecular weight is 541 g/mol. The molecule has 0 aromatic heterocycles. The molecule has 1 saturated heterocycles. The number of alkyl halides is 2. The highest BCUT2D eigenvalue weighted by Crippen LogP contribution is 2.66. The van der Waals surface area contributed by atoms with Crippen LogP contribution in [-0.4, -0.2) is 42.1 Å². The lowest BCUT2D eigenvalue weighted by Crippen LogP contribution is -2.54. The Morgan fingerprint density at radius 1 is 0.974 bits per heavy atom. The van der Waals surface area contributed by atoms with Crippen molar-refractivity contribution in [3.63, 3.8) is 0 Å². The molecule has 0 aromatic rings. The highest BCUT2D eigenvalue weighted by Gasteiger charge is 2.63. The number of hydrogen-bond acceptors (Lipinski definition) is 6. The third kappa shape index (κ3) is 4.98. The third-order valence-corrected chi connectivity index (χ3v) is 11.1. The molecular weight excluding hydrogens is 494 g/mol. The summed E-state index contributed by atoms with van der Waals surface area (Å²) in [7, 11) is 0.